The minimum Gasteiger partial charge on any atom is -0.497 e. The number of aliphatic hydroxyl groups excluding tert-OH is 1. The zero-order valence-corrected chi connectivity index (χ0v) is 13.2. The van der Waals surface area contributed by atoms with Gasteiger partial charge in [0.05, 0.1) is 20.3 Å². The van der Waals surface area contributed by atoms with E-state index in [4.69, 9.17) is 9.57 Å². The van der Waals surface area contributed by atoms with Crippen molar-refractivity contribution >= 4 is 17.0 Å². The molecule has 1 unspecified atom stereocenters. The second-order valence-electron chi connectivity index (χ2n) is 4.76. The Balaban J connectivity index is 2.09. The second-order valence-corrected chi connectivity index (χ2v) is 5.73. The van der Waals surface area contributed by atoms with Gasteiger partial charge in [0.2, 0.25) is 0 Å². The van der Waals surface area contributed by atoms with Gasteiger partial charge in [0, 0.05) is 19.3 Å². The number of hydrogen-bond acceptors (Lipinski definition) is 6. The van der Waals surface area contributed by atoms with Crippen LogP contribution in [-0.2, 0) is 11.4 Å². The van der Waals surface area contributed by atoms with Crippen LogP contribution < -0.4 is 4.74 Å². The summed E-state index contributed by atoms with van der Waals surface area (Å²) in [5.41, 5.74) is 0.990. The maximum atomic E-state index is 12.0. The summed E-state index contributed by atoms with van der Waals surface area (Å²) in [6.45, 7) is 0.453. The van der Waals surface area contributed by atoms with Crippen LogP contribution in [0.5, 0.6) is 5.75 Å². The monoisotopic (exact) mass is 312 g/mol. The lowest BCUT2D eigenvalue weighted by Gasteiger charge is -2.31. The number of rotatable bonds is 6. The van der Waals surface area contributed by atoms with Crippen molar-refractivity contribution in [2.45, 2.75) is 18.8 Å². The van der Waals surface area contributed by atoms with Gasteiger partial charge >= 0.3 is 0 Å². The van der Waals surface area contributed by atoms with Crippen LogP contribution >= 0.6 is 11.8 Å². The van der Waals surface area contributed by atoms with E-state index < -0.39 is 6.23 Å². The number of amides is 1. The molecule has 0 radical (unpaired) electrons. The zero-order chi connectivity index (χ0) is 15.4. The fourth-order valence-electron chi connectivity index (χ4n) is 2.17. The van der Waals surface area contributed by atoms with Crippen LogP contribution in [0, 0.1) is 0 Å². The largest absolute Gasteiger partial charge is 0.497 e. The lowest BCUT2D eigenvalue weighted by atomic mass is 10.1. The van der Waals surface area contributed by atoms with Crippen molar-refractivity contribution in [3.63, 3.8) is 0 Å². The maximum Gasteiger partial charge on any atom is 0.282 e. The third kappa shape index (κ3) is 3.68. The van der Waals surface area contributed by atoms with Crippen LogP contribution in [-0.4, -0.2) is 59.6 Å². The van der Waals surface area contributed by atoms with Crippen molar-refractivity contribution < 1.29 is 19.5 Å². The van der Waals surface area contributed by atoms with Gasteiger partial charge in [-0.15, -0.1) is 0 Å². The normalized spacial score (nSPS) is 20.1. The fraction of sp³-hybridized carbons (Fsp3) is 0.500. The average Bonchev–Trinajstić information content (AvgIpc) is 2.87. The lowest BCUT2D eigenvalue weighted by molar-refractivity contribution is -0.216. The van der Waals surface area contributed by atoms with Crippen LogP contribution in [0.25, 0.3) is 0 Å². The molecule has 7 heteroatoms. The van der Waals surface area contributed by atoms with Crippen molar-refractivity contribution in [3.8, 4) is 5.75 Å². The highest BCUT2D eigenvalue weighted by Crippen LogP contribution is 2.29. The predicted octanol–water partition coefficient (Wildman–Crippen LogP) is 1.54. The van der Waals surface area contributed by atoms with E-state index in [0.717, 1.165) is 11.3 Å². The number of benzene rings is 1. The SMILES string of the molecule is COc1ccc(CN2C(=O)SCC2[C@H](O)N(C)OC)cc1. The second kappa shape index (κ2) is 7.13. The Morgan fingerprint density at radius 1 is 1.43 bits per heavy atom. The number of carbonyl (C=O) groups is 1. The van der Waals surface area contributed by atoms with E-state index in [1.165, 1.54) is 23.9 Å². The van der Waals surface area contributed by atoms with Gasteiger partial charge in [-0.1, -0.05) is 23.9 Å². The molecule has 1 aromatic carbocycles. The van der Waals surface area contributed by atoms with E-state index in [1.54, 1.807) is 19.1 Å². The first-order valence-corrected chi connectivity index (χ1v) is 7.56. The number of ether oxygens (including phenoxy) is 1. The lowest BCUT2D eigenvalue weighted by Crippen LogP contribution is -2.49. The van der Waals surface area contributed by atoms with Crippen LogP contribution in [0.3, 0.4) is 0 Å². The van der Waals surface area contributed by atoms with Crippen molar-refractivity contribution in [3.05, 3.63) is 29.8 Å². The molecule has 2 rings (SSSR count). The van der Waals surface area contributed by atoms with Gasteiger partial charge in [0.15, 0.2) is 6.23 Å². The number of likely N-dealkylation sites (N-methyl/N-ethyl adjacent to an activating group) is 1. The van der Waals surface area contributed by atoms with Gasteiger partial charge < -0.3 is 14.7 Å². The smallest absolute Gasteiger partial charge is 0.282 e. The maximum absolute atomic E-state index is 12.0. The molecule has 1 saturated heterocycles. The Hall–Kier alpha value is -1.28. The number of hydroxylamine groups is 2. The first-order chi connectivity index (χ1) is 10.1. The Morgan fingerprint density at radius 2 is 2.10 bits per heavy atom. The summed E-state index contributed by atoms with van der Waals surface area (Å²) in [6.07, 6.45) is -0.854. The predicted molar refractivity (Wildman–Crippen MR) is 81.0 cm³/mol. The van der Waals surface area contributed by atoms with Crippen LogP contribution in [0.1, 0.15) is 5.56 Å². The topological polar surface area (TPSA) is 62.2 Å². The highest BCUT2D eigenvalue weighted by atomic mass is 32.2. The molecule has 2 atom stereocenters. The molecule has 0 aromatic heterocycles. The molecule has 1 aromatic rings. The zero-order valence-electron chi connectivity index (χ0n) is 12.4. The molecule has 1 aliphatic heterocycles. The summed E-state index contributed by atoms with van der Waals surface area (Å²) >= 11 is 1.22. The van der Waals surface area contributed by atoms with Crippen molar-refractivity contribution in [2.75, 3.05) is 27.0 Å². The molecule has 116 valence electrons. The Labute approximate surface area is 128 Å². The third-order valence-electron chi connectivity index (χ3n) is 3.53. The standard InChI is InChI=1S/C14H20N2O4S/c1-15(20-3)13(17)12-9-21-14(18)16(12)8-10-4-6-11(19-2)7-5-10/h4-7,12-13,17H,8-9H2,1-3H3/t12?,13-/m0/s1. The third-order valence-corrected chi connectivity index (χ3v) is 4.52. The van der Waals surface area contributed by atoms with E-state index in [-0.39, 0.29) is 11.3 Å². The molecule has 1 amide bonds. The molecule has 0 aliphatic carbocycles. The van der Waals surface area contributed by atoms with Crippen molar-refractivity contribution in [1.82, 2.24) is 9.96 Å². The molecule has 1 N–H and O–H groups in total. The van der Waals surface area contributed by atoms with Gasteiger partial charge in [0.1, 0.15) is 5.75 Å². The first kappa shape index (κ1) is 16.1. The molecule has 1 heterocycles. The summed E-state index contributed by atoms with van der Waals surface area (Å²) in [6, 6.07) is 7.25. The quantitative estimate of drug-likeness (QED) is 0.635. The first-order valence-electron chi connectivity index (χ1n) is 6.58. The number of aliphatic hydroxyl groups is 1. The van der Waals surface area contributed by atoms with Crippen LogP contribution in [0.4, 0.5) is 4.79 Å². The molecule has 0 saturated carbocycles. The number of nitrogens with zero attached hydrogens (tertiary/aromatic N) is 2. The molecular weight excluding hydrogens is 292 g/mol. The van der Waals surface area contributed by atoms with Crippen molar-refractivity contribution in [2.24, 2.45) is 0 Å². The number of thioether (sulfide) groups is 1. The summed E-state index contributed by atoms with van der Waals surface area (Å²) in [5.74, 6) is 1.32. The fourth-order valence-corrected chi connectivity index (χ4v) is 3.20. The van der Waals surface area contributed by atoms with Gasteiger partial charge in [-0.05, 0) is 17.7 Å². The average molecular weight is 312 g/mol. The highest BCUT2D eigenvalue weighted by molar-refractivity contribution is 8.13. The van der Waals surface area contributed by atoms with Gasteiger partial charge in [0.25, 0.3) is 5.24 Å². The summed E-state index contributed by atoms with van der Waals surface area (Å²) < 4.78 is 5.12. The summed E-state index contributed by atoms with van der Waals surface area (Å²) in [5, 5.41) is 11.6. The molecule has 1 aliphatic rings. The van der Waals surface area contributed by atoms with E-state index in [2.05, 4.69) is 0 Å². The molecule has 1 fully saturated rings. The highest BCUT2D eigenvalue weighted by Gasteiger charge is 2.38. The molecule has 0 spiro atoms. The van der Waals surface area contributed by atoms with E-state index in [9.17, 15) is 9.90 Å². The number of hydrogen-bond donors (Lipinski definition) is 1. The van der Waals surface area contributed by atoms with Crippen LogP contribution in [0.2, 0.25) is 0 Å². The Morgan fingerprint density at radius 3 is 2.67 bits per heavy atom. The molecule has 0 bridgehead atoms. The minimum atomic E-state index is -0.854. The Kier molecular flexibility index (Phi) is 5.46. The molecular formula is C14H20N2O4S. The van der Waals surface area contributed by atoms with Gasteiger partial charge in [-0.25, -0.2) is 0 Å². The summed E-state index contributed by atoms with van der Waals surface area (Å²) in [4.78, 5) is 18.7. The van der Waals surface area contributed by atoms with Gasteiger partial charge in [-0.2, -0.15) is 5.06 Å². The molecule has 6 nitrogen and oxygen atoms in total. The van der Waals surface area contributed by atoms with E-state index in [0.29, 0.717) is 12.3 Å². The molecule has 21 heavy (non-hydrogen) atoms. The minimum absolute atomic E-state index is 0.0284. The van der Waals surface area contributed by atoms with E-state index in [1.807, 2.05) is 24.3 Å². The summed E-state index contributed by atoms with van der Waals surface area (Å²) in [7, 11) is 4.74. The van der Waals surface area contributed by atoms with Crippen LogP contribution in [0.15, 0.2) is 24.3 Å². The van der Waals surface area contributed by atoms with Crippen molar-refractivity contribution in [1.29, 1.82) is 0 Å². The number of carbonyl (C=O) groups excluding carboxylic acids is 1. The van der Waals surface area contributed by atoms with E-state index >= 15 is 0 Å². The van der Waals surface area contributed by atoms with Gasteiger partial charge in [-0.3, -0.25) is 9.63 Å². The number of methoxy groups -OCH3 is 1. The Bertz CT molecular complexity index is 482.